The number of carbonyl (C=O) groups excluding carboxylic acids is 1. The van der Waals surface area contributed by atoms with Crippen molar-refractivity contribution in [1.29, 1.82) is 0 Å². The molecule has 0 saturated heterocycles. The van der Waals surface area contributed by atoms with Crippen LogP contribution in [0.5, 0.6) is 0 Å². The maximum Gasteiger partial charge on any atom is 0.355 e. The molecule has 1 atom stereocenters. The fourth-order valence-corrected chi connectivity index (χ4v) is 4.03. The molecule has 2 aromatic heterocycles. The number of anilines is 1. The maximum absolute atomic E-state index is 12.4. The summed E-state index contributed by atoms with van der Waals surface area (Å²) in [6.45, 7) is 6.12. The lowest BCUT2D eigenvalue weighted by Gasteiger charge is -2.15. The summed E-state index contributed by atoms with van der Waals surface area (Å²) < 4.78 is 1.34. The summed E-state index contributed by atoms with van der Waals surface area (Å²) in [5, 5.41) is 23.0. The zero-order valence-electron chi connectivity index (χ0n) is 15.6. The summed E-state index contributed by atoms with van der Waals surface area (Å²) in [6.07, 6.45) is 2.81. The SMILES string of the molecule is CCC(CC(C)C)c1sc(NC(=O)c2cc([N+](=O)[O-])cn2C)nc1C(=O)O. The number of carboxylic acids is 1. The van der Waals surface area contributed by atoms with Crippen LogP contribution in [0.1, 0.15) is 65.4 Å². The van der Waals surface area contributed by atoms with Gasteiger partial charge in [0.25, 0.3) is 11.6 Å². The molecule has 0 radical (unpaired) electrons. The summed E-state index contributed by atoms with van der Waals surface area (Å²) in [5.74, 6) is -1.30. The van der Waals surface area contributed by atoms with E-state index >= 15 is 0 Å². The Morgan fingerprint density at radius 2 is 2.11 bits per heavy atom. The van der Waals surface area contributed by atoms with Crippen molar-refractivity contribution in [2.24, 2.45) is 13.0 Å². The minimum Gasteiger partial charge on any atom is -0.476 e. The largest absolute Gasteiger partial charge is 0.476 e. The number of hydrogen-bond acceptors (Lipinski definition) is 6. The summed E-state index contributed by atoms with van der Waals surface area (Å²) in [4.78, 5) is 39.0. The summed E-state index contributed by atoms with van der Waals surface area (Å²) in [7, 11) is 1.52. The summed E-state index contributed by atoms with van der Waals surface area (Å²) >= 11 is 1.14. The van der Waals surface area contributed by atoms with Gasteiger partial charge < -0.3 is 9.67 Å². The Labute approximate surface area is 160 Å². The number of carbonyl (C=O) groups is 2. The molecule has 146 valence electrons. The number of aromatic carboxylic acids is 1. The maximum atomic E-state index is 12.4. The Morgan fingerprint density at radius 3 is 2.59 bits per heavy atom. The van der Waals surface area contributed by atoms with E-state index < -0.39 is 16.8 Å². The van der Waals surface area contributed by atoms with Crippen LogP contribution in [0.2, 0.25) is 0 Å². The van der Waals surface area contributed by atoms with Crippen molar-refractivity contribution in [3.63, 3.8) is 0 Å². The number of nitrogens with zero attached hydrogens (tertiary/aromatic N) is 3. The number of rotatable bonds is 8. The van der Waals surface area contributed by atoms with E-state index in [1.165, 1.54) is 17.8 Å². The van der Waals surface area contributed by atoms with E-state index in [1.54, 1.807) is 0 Å². The number of carboxylic acid groups (broad SMARTS) is 1. The number of thiazole rings is 1. The number of hydrogen-bond donors (Lipinski definition) is 2. The lowest BCUT2D eigenvalue weighted by atomic mass is 9.92. The van der Waals surface area contributed by atoms with E-state index in [0.717, 1.165) is 30.2 Å². The predicted octanol–water partition coefficient (Wildman–Crippen LogP) is 3.88. The first-order valence-electron chi connectivity index (χ1n) is 8.50. The standard InChI is InChI=1S/C17H22N4O5S/c1-5-10(6-9(2)3)14-13(16(23)24)18-17(27-14)19-15(22)12-7-11(21(25)26)8-20(12)4/h7-10H,5-6H2,1-4H3,(H,23,24)(H,18,19,22). The van der Waals surface area contributed by atoms with Gasteiger partial charge in [0, 0.05) is 18.0 Å². The van der Waals surface area contributed by atoms with Gasteiger partial charge in [0.15, 0.2) is 10.8 Å². The van der Waals surface area contributed by atoms with E-state index in [9.17, 15) is 24.8 Å². The molecule has 0 spiro atoms. The van der Waals surface area contributed by atoms with Crippen molar-refractivity contribution >= 4 is 34.0 Å². The molecule has 2 N–H and O–H groups in total. The fourth-order valence-electron chi connectivity index (χ4n) is 2.88. The van der Waals surface area contributed by atoms with Gasteiger partial charge >= 0.3 is 5.97 Å². The monoisotopic (exact) mass is 394 g/mol. The smallest absolute Gasteiger partial charge is 0.355 e. The highest BCUT2D eigenvalue weighted by atomic mass is 32.1. The van der Waals surface area contributed by atoms with Crippen LogP contribution >= 0.6 is 11.3 Å². The zero-order valence-corrected chi connectivity index (χ0v) is 16.4. The normalized spacial score (nSPS) is 12.2. The van der Waals surface area contributed by atoms with Gasteiger partial charge in [0.05, 0.1) is 11.1 Å². The van der Waals surface area contributed by atoms with Crippen LogP contribution in [0, 0.1) is 16.0 Å². The van der Waals surface area contributed by atoms with Crippen LogP contribution in [-0.2, 0) is 7.05 Å². The molecule has 0 aliphatic heterocycles. The highest BCUT2D eigenvalue weighted by Gasteiger charge is 2.26. The molecule has 1 amide bonds. The fraction of sp³-hybridized carbons (Fsp3) is 0.471. The molecule has 0 aliphatic carbocycles. The quantitative estimate of drug-likeness (QED) is 0.516. The molecule has 0 aliphatic rings. The van der Waals surface area contributed by atoms with Crippen LogP contribution in [-0.4, -0.2) is 31.5 Å². The summed E-state index contributed by atoms with van der Waals surface area (Å²) in [5.41, 5.74) is -0.165. The molecule has 0 fully saturated rings. The van der Waals surface area contributed by atoms with Gasteiger partial charge in [-0.2, -0.15) is 0 Å². The molecule has 1 unspecified atom stereocenters. The number of aryl methyl sites for hydroxylation is 1. The molecule has 2 aromatic rings. The van der Waals surface area contributed by atoms with Gasteiger partial charge in [-0.25, -0.2) is 9.78 Å². The van der Waals surface area contributed by atoms with E-state index in [4.69, 9.17) is 0 Å². The lowest BCUT2D eigenvalue weighted by molar-refractivity contribution is -0.384. The Balaban J connectivity index is 2.31. The molecular formula is C17H22N4O5S. The average Bonchev–Trinajstić information content (AvgIpc) is 3.16. The predicted molar refractivity (Wildman–Crippen MR) is 102 cm³/mol. The van der Waals surface area contributed by atoms with Crippen molar-refractivity contribution in [3.05, 3.63) is 38.6 Å². The third kappa shape index (κ3) is 4.70. The van der Waals surface area contributed by atoms with Gasteiger partial charge in [-0.05, 0) is 24.7 Å². The molecule has 10 heteroatoms. The van der Waals surface area contributed by atoms with Crippen molar-refractivity contribution in [2.75, 3.05) is 5.32 Å². The minimum absolute atomic E-state index is 0.0374. The zero-order chi connectivity index (χ0) is 20.3. The van der Waals surface area contributed by atoms with Crippen molar-refractivity contribution < 1.29 is 19.6 Å². The molecule has 27 heavy (non-hydrogen) atoms. The van der Waals surface area contributed by atoms with E-state index in [-0.39, 0.29) is 28.1 Å². The minimum atomic E-state index is -1.14. The van der Waals surface area contributed by atoms with Crippen LogP contribution in [0.4, 0.5) is 10.8 Å². The van der Waals surface area contributed by atoms with Gasteiger partial charge in [-0.15, -0.1) is 11.3 Å². The van der Waals surface area contributed by atoms with Crippen molar-refractivity contribution in [1.82, 2.24) is 9.55 Å². The molecule has 0 bridgehead atoms. The van der Waals surface area contributed by atoms with Crippen molar-refractivity contribution in [2.45, 2.75) is 39.5 Å². The highest BCUT2D eigenvalue weighted by Crippen LogP contribution is 2.36. The number of amides is 1. The Bertz CT molecular complexity index is 871. The first-order chi connectivity index (χ1) is 12.6. The van der Waals surface area contributed by atoms with Crippen LogP contribution in [0.3, 0.4) is 0 Å². The van der Waals surface area contributed by atoms with Crippen molar-refractivity contribution in [3.8, 4) is 0 Å². The third-order valence-electron chi connectivity index (χ3n) is 4.13. The molecule has 0 saturated carbocycles. The number of aromatic nitrogens is 2. The van der Waals surface area contributed by atoms with Crippen LogP contribution in [0.15, 0.2) is 12.3 Å². The van der Waals surface area contributed by atoms with Crippen LogP contribution < -0.4 is 5.32 Å². The van der Waals surface area contributed by atoms with E-state index in [1.807, 2.05) is 6.92 Å². The Hall–Kier alpha value is -2.75. The van der Waals surface area contributed by atoms with Gasteiger partial charge in [-0.3, -0.25) is 20.2 Å². The molecule has 0 aromatic carbocycles. The first-order valence-corrected chi connectivity index (χ1v) is 9.31. The molecule has 2 rings (SSSR count). The Kier molecular flexibility index (Phi) is 6.32. The van der Waals surface area contributed by atoms with Crippen LogP contribution in [0.25, 0.3) is 0 Å². The lowest BCUT2D eigenvalue weighted by Crippen LogP contribution is -2.15. The van der Waals surface area contributed by atoms with Gasteiger partial charge in [0.2, 0.25) is 0 Å². The van der Waals surface area contributed by atoms with Gasteiger partial charge in [0.1, 0.15) is 5.69 Å². The van der Waals surface area contributed by atoms with Gasteiger partial charge in [-0.1, -0.05) is 20.8 Å². The third-order valence-corrected chi connectivity index (χ3v) is 5.26. The molecule has 9 nitrogen and oxygen atoms in total. The number of nitrogens with one attached hydrogen (secondary N) is 1. The second-order valence-electron chi connectivity index (χ2n) is 6.68. The Morgan fingerprint density at radius 1 is 1.44 bits per heavy atom. The topological polar surface area (TPSA) is 127 Å². The molecule has 2 heterocycles. The average molecular weight is 394 g/mol. The molecular weight excluding hydrogens is 372 g/mol. The summed E-state index contributed by atoms with van der Waals surface area (Å²) in [6, 6.07) is 1.16. The number of nitro groups is 1. The highest BCUT2D eigenvalue weighted by molar-refractivity contribution is 7.16. The first kappa shape index (κ1) is 20.6. The van der Waals surface area contributed by atoms with E-state index in [2.05, 4.69) is 24.1 Å². The van der Waals surface area contributed by atoms with E-state index in [0.29, 0.717) is 10.8 Å². The second-order valence-corrected chi connectivity index (χ2v) is 7.71. The second kappa shape index (κ2) is 8.30.